The summed E-state index contributed by atoms with van der Waals surface area (Å²) < 4.78 is 0. The molecule has 0 spiro atoms. The molecular formula is C60H99N9O6. The molecular weight excluding hydrogens is 943 g/mol. The molecule has 0 saturated carbocycles. The van der Waals surface area contributed by atoms with Gasteiger partial charge in [0.15, 0.2) is 35.6 Å². The summed E-state index contributed by atoms with van der Waals surface area (Å²) in [6, 6.07) is 9.63. The summed E-state index contributed by atoms with van der Waals surface area (Å²) in [4.78, 5) is 49.0. The van der Waals surface area contributed by atoms with Crippen molar-refractivity contribution in [3.63, 3.8) is 0 Å². The minimum absolute atomic E-state index is 0.0646. The van der Waals surface area contributed by atoms with Crippen LogP contribution in [-0.2, 0) is 0 Å². The number of nitrogens with one attached hydrogen (secondary N) is 3. The van der Waals surface area contributed by atoms with E-state index < -0.39 is 34.6 Å². The lowest BCUT2D eigenvalue weighted by molar-refractivity contribution is -0.817. The second-order valence-electron chi connectivity index (χ2n) is 20.7. The number of carboxylic acid groups (broad SMARTS) is 3. The molecule has 0 aromatic heterocycles. The van der Waals surface area contributed by atoms with Crippen LogP contribution in [0.25, 0.3) is 0 Å². The molecule has 1 aromatic rings. The van der Waals surface area contributed by atoms with Gasteiger partial charge < -0.3 is 29.7 Å². The summed E-state index contributed by atoms with van der Waals surface area (Å²) in [5, 5.41) is 58.3. The van der Waals surface area contributed by atoms with Gasteiger partial charge in [0.1, 0.15) is 37.8 Å². The van der Waals surface area contributed by atoms with Crippen molar-refractivity contribution in [2.24, 2.45) is 15.0 Å². The highest BCUT2D eigenvalue weighted by Gasteiger charge is 2.29. The molecule has 75 heavy (non-hydrogen) atoms. The number of unbranched alkanes of at least 4 members (excludes halogenated alkanes) is 24. The Bertz CT molecular complexity index is 1810. The maximum Gasteiger partial charge on any atom is 0.197 e. The first-order valence-electron chi connectivity index (χ1n) is 29.5. The quantitative estimate of drug-likeness (QED) is 0.0655. The first-order chi connectivity index (χ1) is 36.3. The molecule has 0 saturated heterocycles. The van der Waals surface area contributed by atoms with Crippen LogP contribution in [0.3, 0.4) is 0 Å². The Morgan fingerprint density at radius 3 is 0.947 bits per heavy atom. The second kappa shape index (κ2) is 44.2. The number of benzene rings is 1. The topological polar surface area (TPSA) is 242 Å². The molecule has 3 N–H and O–H groups in total. The number of nitrogens with zero attached hydrogens (tertiary/aromatic N) is 6. The number of aliphatic imine (C=N–C) groups is 3. The van der Waals surface area contributed by atoms with E-state index in [4.69, 9.17) is 15.8 Å². The lowest BCUT2D eigenvalue weighted by Crippen LogP contribution is -3.16. The average molecular weight is 1040 g/mol. The predicted octanol–water partition coefficient (Wildman–Crippen LogP) is 6.13. The highest BCUT2D eigenvalue weighted by atomic mass is 16.4. The number of hydrogen-bond donors (Lipinski definition) is 3. The van der Waals surface area contributed by atoms with Crippen molar-refractivity contribution in [3.8, 4) is 18.2 Å². The van der Waals surface area contributed by atoms with E-state index in [2.05, 4.69) is 54.0 Å². The molecule has 0 aliphatic carbocycles. The number of nitriles is 3. The zero-order chi connectivity index (χ0) is 55.5. The van der Waals surface area contributed by atoms with Crippen molar-refractivity contribution in [2.75, 3.05) is 39.3 Å². The van der Waals surface area contributed by atoms with Crippen LogP contribution < -0.4 is 30.0 Å². The van der Waals surface area contributed by atoms with Crippen molar-refractivity contribution < 1.29 is 44.4 Å². The Morgan fingerprint density at radius 2 is 0.707 bits per heavy atom. The minimum atomic E-state index is -1.79. The Morgan fingerprint density at radius 1 is 0.440 bits per heavy atom. The van der Waals surface area contributed by atoms with Gasteiger partial charge in [-0.25, -0.2) is 15.0 Å². The summed E-state index contributed by atoms with van der Waals surface area (Å²) in [6.07, 6.45) is 40.2. The fourth-order valence-corrected chi connectivity index (χ4v) is 9.85. The van der Waals surface area contributed by atoms with Gasteiger partial charge in [-0.1, -0.05) is 187 Å². The molecule has 3 aliphatic heterocycles. The lowest BCUT2D eigenvalue weighted by atomic mass is 10.0. The Labute approximate surface area is 453 Å². The Kier molecular flexibility index (Phi) is 40.0. The van der Waals surface area contributed by atoms with Gasteiger partial charge in [-0.2, -0.15) is 15.8 Å². The maximum atomic E-state index is 10.5. The van der Waals surface area contributed by atoms with Crippen LogP contribution in [0.5, 0.6) is 0 Å². The van der Waals surface area contributed by atoms with Gasteiger partial charge >= 0.3 is 0 Å². The summed E-state index contributed by atoms with van der Waals surface area (Å²) in [7, 11) is 0. The third kappa shape index (κ3) is 30.4. The fraction of sp³-hybridized carbons (Fsp3) is 0.750. The summed E-state index contributed by atoms with van der Waals surface area (Å²) >= 11 is 0. The third-order valence-corrected chi connectivity index (χ3v) is 14.6. The zero-order valence-corrected chi connectivity index (χ0v) is 47.6. The molecule has 0 bridgehead atoms. The number of quaternary nitrogens is 3. The Hall–Kier alpha value is -5.01. The van der Waals surface area contributed by atoms with E-state index in [1.54, 1.807) is 0 Å². The minimum Gasteiger partial charge on any atom is -0.545 e. The number of carbonyl (C=O) groups is 3. The third-order valence-electron chi connectivity index (χ3n) is 14.6. The number of carboxylic acids is 3. The van der Waals surface area contributed by atoms with Crippen molar-refractivity contribution in [3.05, 3.63) is 34.9 Å². The van der Waals surface area contributed by atoms with Crippen molar-refractivity contribution >= 4 is 35.4 Å². The molecule has 1 aromatic carbocycles. The monoisotopic (exact) mass is 1040 g/mol. The zero-order valence-electron chi connectivity index (χ0n) is 47.6. The van der Waals surface area contributed by atoms with Gasteiger partial charge in [-0.15, -0.1) is 0 Å². The highest BCUT2D eigenvalue weighted by molar-refractivity contribution is 6.02. The molecule has 420 valence electrons. The highest BCUT2D eigenvalue weighted by Crippen LogP contribution is 2.14. The van der Waals surface area contributed by atoms with E-state index in [-0.39, 0.29) is 18.1 Å². The Balaban J connectivity index is 0.000000503. The van der Waals surface area contributed by atoms with E-state index in [9.17, 15) is 29.7 Å². The first kappa shape index (κ1) is 68.0. The summed E-state index contributed by atoms with van der Waals surface area (Å²) in [5.41, 5.74) is -1.84. The summed E-state index contributed by atoms with van der Waals surface area (Å²) in [5.74, 6) is -1.37. The number of hydrogen-bond acceptors (Lipinski definition) is 12. The molecule has 15 heteroatoms. The van der Waals surface area contributed by atoms with Crippen molar-refractivity contribution in [2.45, 2.75) is 252 Å². The van der Waals surface area contributed by atoms with Gasteiger partial charge in [0.05, 0.1) is 37.5 Å². The largest absolute Gasteiger partial charge is 0.545 e. The molecule has 6 unspecified atom stereocenters. The van der Waals surface area contributed by atoms with Crippen LogP contribution in [0.4, 0.5) is 0 Å². The summed E-state index contributed by atoms with van der Waals surface area (Å²) in [6.45, 7) is 18.6. The number of rotatable bonds is 36. The molecule has 15 nitrogen and oxygen atoms in total. The normalized spacial score (nSPS) is 17.6. The fourth-order valence-electron chi connectivity index (χ4n) is 9.85. The van der Waals surface area contributed by atoms with Gasteiger partial charge in [0, 0.05) is 51.2 Å². The van der Waals surface area contributed by atoms with Gasteiger partial charge in [0.2, 0.25) is 0 Å². The number of carbonyl (C=O) groups excluding carboxylic acids is 3. The van der Waals surface area contributed by atoms with Gasteiger partial charge in [-0.3, -0.25) is 14.7 Å². The van der Waals surface area contributed by atoms with Crippen LogP contribution in [0.15, 0.2) is 33.2 Å². The second-order valence-corrected chi connectivity index (χ2v) is 20.7. The van der Waals surface area contributed by atoms with E-state index in [0.29, 0.717) is 6.07 Å². The maximum absolute atomic E-state index is 10.5. The SMILES string of the molecule is CCCCCCCCCCCC1=NCC[NH+]1C(C)C#N.CCCCCCCCCCCC1=NCC[NH+]1C(C)C#N.CCCCCCCCCCCC1=NCC[NH+]1C(C)C#N.O=C([O-])c1ccc(C(=O)[O-])c(C(=O)[O-])c1. The van der Waals surface area contributed by atoms with Crippen LogP contribution in [0.2, 0.25) is 0 Å². The van der Waals surface area contributed by atoms with Crippen molar-refractivity contribution in [1.82, 2.24) is 0 Å². The number of amidine groups is 3. The van der Waals surface area contributed by atoms with E-state index in [0.717, 1.165) is 70.7 Å². The van der Waals surface area contributed by atoms with Gasteiger partial charge in [-0.05, 0) is 30.9 Å². The molecule has 0 fully saturated rings. The molecule has 3 aliphatic rings. The molecule has 0 amide bonds. The van der Waals surface area contributed by atoms with E-state index >= 15 is 0 Å². The van der Waals surface area contributed by atoms with E-state index in [1.165, 1.54) is 206 Å². The van der Waals surface area contributed by atoms with Crippen LogP contribution in [-0.4, -0.2) is 92.8 Å². The first-order valence-corrected chi connectivity index (χ1v) is 29.5. The van der Waals surface area contributed by atoms with Crippen LogP contribution in [0.1, 0.15) is 265 Å². The molecule has 4 rings (SSSR count). The van der Waals surface area contributed by atoms with Crippen molar-refractivity contribution in [1.29, 1.82) is 15.8 Å². The number of aromatic carboxylic acids is 3. The molecule has 3 heterocycles. The average Bonchev–Trinajstić information content (AvgIpc) is 4.21. The smallest absolute Gasteiger partial charge is 0.197 e. The standard InChI is InChI=1S/3C17H31N3.C9H6O6/c3*1-3-4-5-6-7-8-9-10-11-12-17-19-13-14-20(17)16(2)15-18;10-7(11)4-1-2-5(8(12)13)6(3-4)9(14)15/h3*16H,3-14H2,1-2H3;1-3H,(H,10,11)(H,12,13)(H,14,15). The van der Waals surface area contributed by atoms with Crippen LogP contribution >= 0.6 is 0 Å². The van der Waals surface area contributed by atoms with E-state index in [1.807, 2.05) is 20.8 Å². The van der Waals surface area contributed by atoms with Crippen LogP contribution in [0, 0.1) is 34.0 Å². The van der Waals surface area contributed by atoms with Gasteiger partial charge in [0.25, 0.3) is 0 Å². The molecule has 0 radical (unpaired) electrons. The lowest BCUT2D eigenvalue weighted by Gasteiger charge is -2.16. The predicted molar refractivity (Wildman–Crippen MR) is 295 cm³/mol. The molecule has 6 atom stereocenters.